The van der Waals surface area contributed by atoms with Crippen LogP contribution in [0.1, 0.15) is 12.8 Å². The van der Waals surface area contributed by atoms with Gasteiger partial charge in [-0.25, -0.2) is 13.6 Å². The molecule has 0 spiro atoms. The van der Waals surface area contributed by atoms with Crippen molar-refractivity contribution >= 4 is 17.7 Å². The van der Waals surface area contributed by atoms with Gasteiger partial charge in [0, 0.05) is 19.2 Å². The number of hydrogen-bond acceptors (Lipinski definition) is 2. The van der Waals surface area contributed by atoms with Crippen LogP contribution in [0.5, 0.6) is 0 Å². The minimum absolute atomic E-state index is 0.0873. The Labute approximate surface area is 114 Å². The van der Waals surface area contributed by atoms with E-state index in [9.17, 15) is 18.4 Å². The zero-order valence-electron chi connectivity index (χ0n) is 10.6. The fourth-order valence-corrected chi connectivity index (χ4v) is 2.15. The second-order valence-electron chi connectivity index (χ2n) is 4.68. The molecule has 2 rings (SSSR count). The fraction of sp³-hybridized carbons (Fsp3) is 0.385. The summed E-state index contributed by atoms with van der Waals surface area (Å²) in [5, 5.41) is 11.3. The number of hydrogen-bond donors (Lipinski definition) is 2. The molecule has 1 aliphatic rings. The van der Waals surface area contributed by atoms with Crippen LogP contribution in [0.2, 0.25) is 0 Å². The number of nitrogens with zero attached hydrogens (tertiary/aromatic N) is 1. The van der Waals surface area contributed by atoms with E-state index in [1.807, 2.05) is 0 Å². The number of halogens is 2. The lowest BCUT2D eigenvalue weighted by Gasteiger charge is -2.30. The van der Waals surface area contributed by atoms with Gasteiger partial charge >= 0.3 is 12.0 Å². The standard InChI is InChI=1S/C13H14F2N2O3/c14-9-3-4-11(10(15)6-9)16-13(20)17-5-1-2-8(7-17)12(18)19/h3-4,6,8H,1-2,5,7H2,(H,16,20)(H,18,19). The largest absolute Gasteiger partial charge is 0.481 e. The maximum absolute atomic E-state index is 13.4. The zero-order chi connectivity index (χ0) is 14.7. The molecule has 5 nitrogen and oxygen atoms in total. The summed E-state index contributed by atoms with van der Waals surface area (Å²) >= 11 is 0. The molecule has 1 aromatic rings. The van der Waals surface area contributed by atoms with Crippen molar-refractivity contribution in [3.8, 4) is 0 Å². The number of carbonyl (C=O) groups is 2. The highest BCUT2D eigenvalue weighted by molar-refractivity contribution is 5.89. The van der Waals surface area contributed by atoms with Crippen LogP contribution in [0.25, 0.3) is 0 Å². The highest BCUT2D eigenvalue weighted by atomic mass is 19.1. The van der Waals surface area contributed by atoms with E-state index in [2.05, 4.69) is 5.32 Å². The maximum Gasteiger partial charge on any atom is 0.321 e. The third-order valence-corrected chi connectivity index (χ3v) is 3.23. The van der Waals surface area contributed by atoms with Crippen LogP contribution in [0.15, 0.2) is 18.2 Å². The fourth-order valence-electron chi connectivity index (χ4n) is 2.15. The Morgan fingerprint density at radius 1 is 1.35 bits per heavy atom. The summed E-state index contributed by atoms with van der Waals surface area (Å²) in [4.78, 5) is 24.2. The first kappa shape index (κ1) is 14.2. The number of piperidine rings is 1. The van der Waals surface area contributed by atoms with E-state index in [1.165, 1.54) is 4.90 Å². The first-order valence-corrected chi connectivity index (χ1v) is 6.21. The van der Waals surface area contributed by atoms with Crippen molar-refractivity contribution in [2.45, 2.75) is 12.8 Å². The first-order chi connectivity index (χ1) is 9.47. The van der Waals surface area contributed by atoms with Crippen molar-refractivity contribution in [3.63, 3.8) is 0 Å². The summed E-state index contributed by atoms with van der Waals surface area (Å²) in [6.45, 7) is 0.502. The van der Waals surface area contributed by atoms with Gasteiger partial charge in [0.2, 0.25) is 0 Å². The van der Waals surface area contributed by atoms with Crippen molar-refractivity contribution in [2.75, 3.05) is 18.4 Å². The van der Waals surface area contributed by atoms with Crippen molar-refractivity contribution in [1.29, 1.82) is 0 Å². The van der Waals surface area contributed by atoms with E-state index < -0.39 is 29.6 Å². The summed E-state index contributed by atoms with van der Waals surface area (Å²) in [7, 11) is 0. The molecule has 1 unspecified atom stereocenters. The average Bonchev–Trinajstić information content (AvgIpc) is 2.42. The molecule has 1 aliphatic heterocycles. The third-order valence-electron chi connectivity index (χ3n) is 3.23. The quantitative estimate of drug-likeness (QED) is 0.875. The van der Waals surface area contributed by atoms with Crippen molar-refractivity contribution < 1.29 is 23.5 Å². The average molecular weight is 284 g/mol. The molecule has 0 radical (unpaired) electrons. The number of nitrogens with one attached hydrogen (secondary N) is 1. The van der Waals surface area contributed by atoms with E-state index in [0.717, 1.165) is 12.1 Å². The number of aliphatic carboxylic acids is 1. The number of benzene rings is 1. The Morgan fingerprint density at radius 2 is 2.10 bits per heavy atom. The van der Waals surface area contributed by atoms with E-state index in [1.54, 1.807) is 0 Å². The van der Waals surface area contributed by atoms with E-state index in [4.69, 9.17) is 5.11 Å². The lowest BCUT2D eigenvalue weighted by Crippen LogP contribution is -2.44. The Kier molecular flexibility index (Phi) is 4.16. The van der Waals surface area contributed by atoms with Crippen LogP contribution in [0.4, 0.5) is 19.3 Å². The van der Waals surface area contributed by atoms with E-state index in [-0.39, 0.29) is 12.2 Å². The number of carboxylic acid groups (broad SMARTS) is 1. The molecule has 0 saturated carbocycles. The molecule has 7 heteroatoms. The van der Waals surface area contributed by atoms with Gasteiger partial charge in [-0.3, -0.25) is 4.79 Å². The number of rotatable bonds is 2. The molecule has 108 valence electrons. The van der Waals surface area contributed by atoms with Gasteiger partial charge < -0.3 is 15.3 Å². The number of anilines is 1. The minimum Gasteiger partial charge on any atom is -0.481 e. The maximum atomic E-state index is 13.4. The molecule has 0 aliphatic carbocycles. The molecule has 1 heterocycles. The highest BCUT2D eigenvalue weighted by Gasteiger charge is 2.28. The Hall–Kier alpha value is -2.18. The van der Waals surface area contributed by atoms with Gasteiger partial charge in [0.05, 0.1) is 11.6 Å². The first-order valence-electron chi connectivity index (χ1n) is 6.21. The van der Waals surface area contributed by atoms with Crippen molar-refractivity contribution in [1.82, 2.24) is 4.90 Å². The number of likely N-dealkylation sites (tertiary alicyclic amines) is 1. The van der Waals surface area contributed by atoms with Crippen LogP contribution in [0.3, 0.4) is 0 Å². The second-order valence-corrected chi connectivity index (χ2v) is 4.68. The van der Waals surface area contributed by atoms with Gasteiger partial charge in [-0.05, 0) is 25.0 Å². The second kappa shape index (κ2) is 5.85. The van der Waals surface area contributed by atoms with Gasteiger partial charge in [-0.2, -0.15) is 0 Å². The van der Waals surface area contributed by atoms with Crippen molar-refractivity contribution in [3.05, 3.63) is 29.8 Å². The summed E-state index contributed by atoms with van der Waals surface area (Å²) in [5.41, 5.74) is -0.131. The van der Waals surface area contributed by atoms with Crippen LogP contribution in [-0.2, 0) is 4.79 Å². The third kappa shape index (κ3) is 3.23. The Bertz CT molecular complexity index is 536. The molecule has 2 N–H and O–H groups in total. The van der Waals surface area contributed by atoms with Crippen LogP contribution in [0, 0.1) is 17.6 Å². The zero-order valence-corrected chi connectivity index (χ0v) is 10.6. The molecule has 20 heavy (non-hydrogen) atoms. The molecular formula is C13H14F2N2O3. The summed E-state index contributed by atoms with van der Waals surface area (Å²) in [6, 6.07) is 2.25. The van der Waals surface area contributed by atoms with Gasteiger partial charge in [-0.15, -0.1) is 0 Å². The molecule has 1 fully saturated rings. The Balaban J connectivity index is 2.02. The predicted molar refractivity (Wildman–Crippen MR) is 67.3 cm³/mol. The van der Waals surface area contributed by atoms with Crippen molar-refractivity contribution in [2.24, 2.45) is 5.92 Å². The SMILES string of the molecule is O=C(O)C1CCCN(C(=O)Nc2ccc(F)cc2F)C1. The molecule has 2 amide bonds. The van der Waals surface area contributed by atoms with E-state index in [0.29, 0.717) is 25.5 Å². The number of amides is 2. The summed E-state index contributed by atoms with van der Waals surface area (Å²) in [5.74, 6) is -3.16. The highest BCUT2D eigenvalue weighted by Crippen LogP contribution is 2.19. The van der Waals surface area contributed by atoms with Gasteiger partial charge in [-0.1, -0.05) is 0 Å². The Morgan fingerprint density at radius 3 is 2.75 bits per heavy atom. The number of carboxylic acids is 1. The lowest BCUT2D eigenvalue weighted by atomic mass is 9.99. The molecule has 1 atom stereocenters. The van der Waals surface area contributed by atoms with Crippen LogP contribution in [-0.4, -0.2) is 35.1 Å². The summed E-state index contributed by atoms with van der Waals surface area (Å²) in [6.07, 6.45) is 1.10. The molecule has 0 aromatic heterocycles. The van der Waals surface area contributed by atoms with Gasteiger partial charge in [0.25, 0.3) is 0 Å². The monoisotopic (exact) mass is 284 g/mol. The predicted octanol–water partition coefficient (Wildman–Crippen LogP) is 2.29. The number of urea groups is 1. The van der Waals surface area contributed by atoms with Gasteiger partial charge in [0.15, 0.2) is 0 Å². The lowest BCUT2D eigenvalue weighted by molar-refractivity contribution is -0.143. The summed E-state index contributed by atoms with van der Waals surface area (Å²) < 4.78 is 26.2. The topological polar surface area (TPSA) is 69.6 Å². The van der Waals surface area contributed by atoms with Crippen LogP contribution < -0.4 is 5.32 Å². The number of carbonyl (C=O) groups excluding carboxylic acids is 1. The van der Waals surface area contributed by atoms with E-state index >= 15 is 0 Å². The van der Waals surface area contributed by atoms with Crippen LogP contribution >= 0.6 is 0 Å². The molecule has 0 bridgehead atoms. The minimum atomic E-state index is -0.949. The normalized spacial score (nSPS) is 18.7. The molecule has 1 aromatic carbocycles. The smallest absolute Gasteiger partial charge is 0.321 e. The molecule has 1 saturated heterocycles. The molecular weight excluding hydrogens is 270 g/mol. The van der Waals surface area contributed by atoms with Gasteiger partial charge in [0.1, 0.15) is 11.6 Å².